The first-order valence-corrected chi connectivity index (χ1v) is 15.7. The van der Waals surface area contributed by atoms with E-state index < -0.39 is 8.32 Å². The number of aromatic nitrogens is 4. The standard InChI is InChI=1S/C24H40ClN5OSi/c1-17-20-21(29-14-10-13-19(29)16-31-32(5,6)24(2,3)4)26-23(25)27-22(20)30(28-17)15-18-11-8-7-9-12-18/h18-19H,7-16H2,1-6H3/t19-/m0/s1. The number of fused-ring (bicyclic) bond motifs is 1. The van der Waals surface area contributed by atoms with Gasteiger partial charge in [0.05, 0.1) is 23.7 Å². The molecule has 3 heterocycles. The lowest BCUT2D eigenvalue weighted by molar-refractivity contribution is 0.263. The second kappa shape index (κ2) is 9.22. The Hall–Kier alpha value is -1.18. The van der Waals surface area contributed by atoms with Crippen LogP contribution in [0, 0.1) is 12.8 Å². The summed E-state index contributed by atoms with van der Waals surface area (Å²) in [4.78, 5) is 11.8. The van der Waals surface area contributed by atoms with Crippen LogP contribution in [-0.4, -0.2) is 47.3 Å². The minimum atomic E-state index is -1.80. The first-order chi connectivity index (χ1) is 15.1. The van der Waals surface area contributed by atoms with Gasteiger partial charge in [0.1, 0.15) is 5.82 Å². The highest BCUT2D eigenvalue weighted by molar-refractivity contribution is 6.74. The number of hydrogen-bond acceptors (Lipinski definition) is 5. The fraction of sp³-hybridized carbons (Fsp3) is 0.792. The quantitative estimate of drug-likeness (QED) is 0.358. The number of halogens is 1. The van der Waals surface area contributed by atoms with Crippen molar-refractivity contribution < 1.29 is 4.43 Å². The molecule has 2 aliphatic rings. The van der Waals surface area contributed by atoms with Crippen molar-refractivity contribution in [1.29, 1.82) is 0 Å². The van der Waals surface area contributed by atoms with Gasteiger partial charge in [0.25, 0.3) is 0 Å². The predicted molar refractivity (Wildman–Crippen MR) is 135 cm³/mol. The van der Waals surface area contributed by atoms with E-state index in [1.165, 1.54) is 32.1 Å². The van der Waals surface area contributed by atoms with Gasteiger partial charge in [0.15, 0.2) is 14.0 Å². The summed E-state index contributed by atoms with van der Waals surface area (Å²) in [5.41, 5.74) is 1.89. The summed E-state index contributed by atoms with van der Waals surface area (Å²) in [5.74, 6) is 1.62. The van der Waals surface area contributed by atoms with Gasteiger partial charge >= 0.3 is 0 Å². The zero-order chi connectivity index (χ0) is 23.1. The maximum atomic E-state index is 6.61. The van der Waals surface area contributed by atoms with Crippen LogP contribution in [0.1, 0.15) is 71.4 Å². The van der Waals surface area contributed by atoms with E-state index in [1.54, 1.807) is 0 Å². The van der Waals surface area contributed by atoms with Crippen molar-refractivity contribution in [3.63, 3.8) is 0 Å². The van der Waals surface area contributed by atoms with E-state index in [4.69, 9.17) is 26.1 Å². The van der Waals surface area contributed by atoms with Crippen LogP contribution < -0.4 is 4.90 Å². The molecule has 0 aromatic carbocycles. The third-order valence-electron chi connectivity index (χ3n) is 7.97. The van der Waals surface area contributed by atoms with Crippen LogP contribution in [0.5, 0.6) is 0 Å². The highest BCUT2D eigenvalue weighted by Crippen LogP contribution is 2.38. The number of nitrogens with zero attached hydrogens (tertiary/aromatic N) is 5. The second-order valence-corrected chi connectivity index (χ2v) is 16.5. The van der Waals surface area contributed by atoms with Crippen molar-refractivity contribution in [3.8, 4) is 0 Å². The van der Waals surface area contributed by atoms with Gasteiger partial charge in [-0.15, -0.1) is 0 Å². The summed E-state index contributed by atoms with van der Waals surface area (Å²) in [6.07, 6.45) is 8.84. The molecule has 4 rings (SSSR count). The van der Waals surface area contributed by atoms with Gasteiger partial charge in [-0.25, -0.2) is 4.68 Å². The van der Waals surface area contributed by atoms with Gasteiger partial charge < -0.3 is 9.33 Å². The molecule has 2 aromatic rings. The Kier molecular flexibility index (Phi) is 6.90. The van der Waals surface area contributed by atoms with E-state index in [9.17, 15) is 0 Å². The van der Waals surface area contributed by atoms with Crippen molar-refractivity contribution in [1.82, 2.24) is 19.7 Å². The third-order valence-corrected chi connectivity index (χ3v) is 12.6. The summed E-state index contributed by atoms with van der Waals surface area (Å²) >= 11 is 6.47. The zero-order valence-corrected chi connectivity index (χ0v) is 22.5. The Labute approximate surface area is 199 Å². The molecule has 0 bridgehead atoms. The van der Waals surface area contributed by atoms with E-state index >= 15 is 0 Å². The molecule has 1 aliphatic heterocycles. The maximum absolute atomic E-state index is 6.61. The van der Waals surface area contributed by atoms with E-state index in [-0.39, 0.29) is 5.04 Å². The minimum Gasteiger partial charge on any atom is -0.415 e. The molecule has 1 saturated heterocycles. The van der Waals surface area contributed by atoms with Gasteiger partial charge in [-0.05, 0) is 68.3 Å². The Morgan fingerprint density at radius 1 is 1.06 bits per heavy atom. The van der Waals surface area contributed by atoms with Crippen LogP contribution in [0.15, 0.2) is 0 Å². The van der Waals surface area contributed by atoms with Gasteiger partial charge in [0, 0.05) is 13.1 Å². The molecule has 1 aliphatic carbocycles. The normalized spacial score (nSPS) is 21.1. The molecule has 0 N–H and O–H groups in total. The van der Waals surface area contributed by atoms with Crippen LogP contribution in [-0.2, 0) is 11.0 Å². The molecular weight excluding hydrogens is 438 g/mol. The summed E-state index contributed by atoms with van der Waals surface area (Å²) < 4.78 is 8.70. The van der Waals surface area contributed by atoms with Crippen LogP contribution in [0.4, 0.5) is 5.82 Å². The first-order valence-electron chi connectivity index (χ1n) is 12.4. The van der Waals surface area contributed by atoms with Crippen molar-refractivity contribution >= 4 is 36.8 Å². The maximum Gasteiger partial charge on any atom is 0.226 e. The molecule has 178 valence electrons. The van der Waals surface area contributed by atoms with Crippen LogP contribution in [0.3, 0.4) is 0 Å². The average Bonchev–Trinajstić information content (AvgIpc) is 3.31. The van der Waals surface area contributed by atoms with Gasteiger partial charge in [-0.3, -0.25) is 0 Å². The van der Waals surface area contributed by atoms with E-state index in [2.05, 4.69) is 55.4 Å². The summed E-state index contributed by atoms with van der Waals surface area (Å²) in [6, 6.07) is 0.319. The van der Waals surface area contributed by atoms with Gasteiger partial charge in [-0.2, -0.15) is 15.1 Å². The fourth-order valence-corrected chi connectivity index (χ4v) is 6.16. The molecule has 0 unspecified atom stereocenters. The lowest BCUT2D eigenvalue weighted by Gasteiger charge is -2.38. The topological polar surface area (TPSA) is 56.1 Å². The largest absolute Gasteiger partial charge is 0.415 e. The molecule has 2 aromatic heterocycles. The van der Waals surface area contributed by atoms with Crippen LogP contribution in [0.2, 0.25) is 23.4 Å². The van der Waals surface area contributed by atoms with Crippen molar-refractivity contribution in [2.45, 2.75) is 103 Å². The Morgan fingerprint density at radius 3 is 2.47 bits per heavy atom. The molecule has 2 fully saturated rings. The molecule has 0 amide bonds. The molecule has 1 atom stereocenters. The summed E-state index contributed by atoms with van der Waals surface area (Å²) in [6.45, 7) is 16.3. The van der Waals surface area contributed by atoms with Crippen molar-refractivity contribution in [3.05, 3.63) is 11.0 Å². The van der Waals surface area contributed by atoms with Crippen molar-refractivity contribution in [2.75, 3.05) is 18.1 Å². The Morgan fingerprint density at radius 2 is 1.78 bits per heavy atom. The monoisotopic (exact) mass is 477 g/mol. The Bertz CT molecular complexity index is 948. The smallest absolute Gasteiger partial charge is 0.226 e. The number of hydrogen-bond donors (Lipinski definition) is 0. The lowest BCUT2D eigenvalue weighted by Crippen LogP contribution is -2.45. The molecule has 32 heavy (non-hydrogen) atoms. The average molecular weight is 478 g/mol. The molecule has 1 saturated carbocycles. The summed E-state index contributed by atoms with van der Waals surface area (Å²) in [5, 5.41) is 6.48. The molecule has 0 radical (unpaired) electrons. The highest BCUT2D eigenvalue weighted by Gasteiger charge is 2.39. The fourth-order valence-electron chi connectivity index (χ4n) is 4.96. The van der Waals surface area contributed by atoms with E-state index in [1.807, 2.05) is 0 Å². The summed E-state index contributed by atoms with van der Waals surface area (Å²) in [7, 11) is -1.80. The molecule has 6 nitrogen and oxygen atoms in total. The molecule has 0 spiro atoms. The highest BCUT2D eigenvalue weighted by atomic mass is 35.5. The van der Waals surface area contributed by atoms with Crippen molar-refractivity contribution in [2.24, 2.45) is 5.92 Å². The lowest BCUT2D eigenvalue weighted by atomic mass is 9.89. The number of rotatable bonds is 6. The van der Waals surface area contributed by atoms with E-state index in [0.29, 0.717) is 17.2 Å². The van der Waals surface area contributed by atoms with E-state index in [0.717, 1.165) is 55.1 Å². The molecular formula is C24H40ClN5OSi. The molecule has 8 heteroatoms. The van der Waals surface area contributed by atoms with Gasteiger partial charge in [0.2, 0.25) is 5.28 Å². The number of anilines is 1. The van der Waals surface area contributed by atoms with Gasteiger partial charge in [-0.1, -0.05) is 40.0 Å². The Balaban J connectivity index is 1.61. The predicted octanol–water partition coefficient (Wildman–Crippen LogP) is 6.36. The third kappa shape index (κ3) is 4.85. The number of aryl methyl sites for hydroxylation is 1. The van der Waals surface area contributed by atoms with Crippen LogP contribution in [0.25, 0.3) is 11.0 Å². The SMILES string of the molecule is Cc1nn(CC2CCCCC2)c2nc(Cl)nc(N3CCC[C@H]3CO[Si](C)(C)C(C)(C)C)c12. The minimum absolute atomic E-state index is 0.207. The second-order valence-electron chi connectivity index (χ2n) is 11.3. The zero-order valence-electron chi connectivity index (χ0n) is 20.7. The van der Waals surface area contributed by atoms with Crippen LogP contribution >= 0.6 is 11.6 Å². The first kappa shape index (κ1) is 24.0.